The summed E-state index contributed by atoms with van der Waals surface area (Å²) in [5.41, 5.74) is 14.6. The number of para-hydroxylation sites is 1. The van der Waals surface area contributed by atoms with Gasteiger partial charge in [-0.25, -0.2) is 0 Å². The highest BCUT2D eigenvalue weighted by Gasteiger charge is 2.17. The predicted molar refractivity (Wildman–Crippen MR) is 228 cm³/mol. The molecule has 0 aliphatic heterocycles. The SMILES string of the molecule is c1ccc(-c2ccc(N(c3ccccc3)c3ccc(-c4cc5c6ccc(-c7cccc(-c8ccccc8)c7)cc6oc5c5ccccc45)cc3)cc2)cc1. The largest absolute Gasteiger partial charge is 0.455 e. The van der Waals surface area contributed by atoms with Crippen LogP contribution in [0.4, 0.5) is 17.1 Å². The van der Waals surface area contributed by atoms with E-state index in [9.17, 15) is 0 Å². The summed E-state index contributed by atoms with van der Waals surface area (Å²) in [6, 6.07) is 75.7. The summed E-state index contributed by atoms with van der Waals surface area (Å²) in [4.78, 5) is 2.32. The molecule has 0 saturated carbocycles. The molecule has 0 unspecified atom stereocenters. The van der Waals surface area contributed by atoms with Crippen molar-refractivity contribution in [1.29, 1.82) is 0 Å². The van der Waals surface area contributed by atoms with Crippen LogP contribution in [0.25, 0.3) is 77.2 Å². The summed E-state index contributed by atoms with van der Waals surface area (Å²) in [7, 11) is 0. The van der Waals surface area contributed by atoms with Crippen LogP contribution in [-0.4, -0.2) is 0 Å². The molecule has 0 bridgehead atoms. The second kappa shape index (κ2) is 13.4. The van der Waals surface area contributed by atoms with E-state index in [-0.39, 0.29) is 0 Å². The molecule has 1 aromatic heterocycles. The molecule has 2 heteroatoms. The fourth-order valence-electron chi connectivity index (χ4n) is 7.77. The first-order valence-corrected chi connectivity index (χ1v) is 18.4. The minimum atomic E-state index is 0.891. The minimum Gasteiger partial charge on any atom is -0.455 e. The Morgan fingerprint density at radius 1 is 0.278 bits per heavy atom. The highest BCUT2D eigenvalue weighted by Crippen LogP contribution is 2.42. The molecule has 10 aromatic rings. The first kappa shape index (κ1) is 31.6. The average Bonchev–Trinajstić information content (AvgIpc) is 3.63. The Labute approximate surface area is 314 Å². The molecule has 10 rings (SSSR count). The number of furan rings is 1. The van der Waals surface area contributed by atoms with Crippen molar-refractivity contribution in [1.82, 2.24) is 0 Å². The van der Waals surface area contributed by atoms with Crippen LogP contribution in [0, 0.1) is 0 Å². The second-order valence-electron chi connectivity index (χ2n) is 13.7. The van der Waals surface area contributed by atoms with Gasteiger partial charge in [-0.2, -0.15) is 0 Å². The van der Waals surface area contributed by atoms with Gasteiger partial charge in [-0.05, 0) is 111 Å². The van der Waals surface area contributed by atoms with E-state index in [0.29, 0.717) is 0 Å². The third kappa shape index (κ3) is 5.71. The Balaban J connectivity index is 1.04. The first-order valence-electron chi connectivity index (χ1n) is 18.4. The molecule has 0 spiro atoms. The van der Waals surface area contributed by atoms with Crippen LogP contribution >= 0.6 is 0 Å². The van der Waals surface area contributed by atoms with Crippen molar-refractivity contribution < 1.29 is 4.42 Å². The van der Waals surface area contributed by atoms with Crippen LogP contribution in [0.2, 0.25) is 0 Å². The maximum atomic E-state index is 6.71. The van der Waals surface area contributed by atoms with Crippen LogP contribution in [0.1, 0.15) is 0 Å². The van der Waals surface area contributed by atoms with Crippen molar-refractivity contribution >= 4 is 49.8 Å². The summed E-state index contributed by atoms with van der Waals surface area (Å²) in [6.07, 6.45) is 0. The molecule has 0 aliphatic rings. The Morgan fingerprint density at radius 2 is 0.741 bits per heavy atom. The summed E-state index contributed by atoms with van der Waals surface area (Å²) < 4.78 is 6.71. The zero-order valence-electron chi connectivity index (χ0n) is 29.6. The maximum Gasteiger partial charge on any atom is 0.143 e. The second-order valence-corrected chi connectivity index (χ2v) is 13.7. The summed E-state index contributed by atoms with van der Waals surface area (Å²) in [5, 5.41) is 4.52. The van der Waals surface area contributed by atoms with Gasteiger partial charge in [-0.3, -0.25) is 0 Å². The lowest BCUT2D eigenvalue weighted by molar-refractivity contribution is 0.673. The Hall–Kier alpha value is -7.16. The number of fused-ring (bicyclic) bond motifs is 5. The zero-order chi connectivity index (χ0) is 35.8. The number of anilines is 3. The Kier molecular flexibility index (Phi) is 7.85. The average molecular weight is 690 g/mol. The Bertz CT molecular complexity index is 2890. The van der Waals surface area contributed by atoms with E-state index in [2.05, 4.69) is 217 Å². The van der Waals surface area contributed by atoms with E-state index in [1.165, 1.54) is 38.8 Å². The third-order valence-electron chi connectivity index (χ3n) is 10.5. The molecule has 0 radical (unpaired) electrons. The van der Waals surface area contributed by atoms with Crippen molar-refractivity contribution in [3.8, 4) is 44.5 Å². The van der Waals surface area contributed by atoms with E-state index in [0.717, 1.165) is 55.5 Å². The lowest BCUT2D eigenvalue weighted by Gasteiger charge is -2.26. The van der Waals surface area contributed by atoms with Gasteiger partial charge in [0.15, 0.2) is 0 Å². The fourth-order valence-corrected chi connectivity index (χ4v) is 7.77. The van der Waals surface area contributed by atoms with Crippen molar-refractivity contribution in [2.75, 3.05) is 4.90 Å². The number of hydrogen-bond donors (Lipinski definition) is 0. The molecule has 2 nitrogen and oxygen atoms in total. The topological polar surface area (TPSA) is 16.4 Å². The standard InChI is InChI=1S/C52H35NO/c1-4-13-36(14-5-1)38-23-28-44(29-24-38)53(43-19-8-3-9-20-43)45-30-25-39(26-31-45)49-35-50-47-32-27-42(34-51(47)54-52(50)48-22-11-10-21-46(48)49)41-18-12-17-40(33-41)37-15-6-2-7-16-37/h1-35H. The van der Waals surface area contributed by atoms with Crippen molar-refractivity contribution in [3.05, 3.63) is 212 Å². The van der Waals surface area contributed by atoms with Crippen molar-refractivity contribution in [3.63, 3.8) is 0 Å². The summed E-state index contributed by atoms with van der Waals surface area (Å²) in [6.45, 7) is 0. The van der Waals surface area contributed by atoms with Gasteiger partial charge in [0, 0.05) is 33.2 Å². The molecule has 254 valence electrons. The van der Waals surface area contributed by atoms with E-state index >= 15 is 0 Å². The van der Waals surface area contributed by atoms with E-state index in [1.807, 2.05) is 0 Å². The zero-order valence-corrected chi connectivity index (χ0v) is 29.6. The third-order valence-corrected chi connectivity index (χ3v) is 10.5. The molecule has 1 heterocycles. The lowest BCUT2D eigenvalue weighted by atomic mass is 9.94. The molecule has 0 fully saturated rings. The van der Waals surface area contributed by atoms with Crippen LogP contribution < -0.4 is 4.90 Å². The number of hydrogen-bond acceptors (Lipinski definition) is 2. The Morgan fingerprint density at radius 3 is 1.41 bits per heavy atom. The van der Waals surface area contributed by atoms with Crippen LogP contribution in [0.15, 0.2) is 217 Å². The van der Waals surface area contributed by atoms with Gasteiger partial charge < -0.3 is 9.32 Å². The summed E-state index contributed by atoms with van der Waals surface area (Å²) in [5.74, 6) is 0. The van der Waals surface area contributed by atoms with Gasteiger partial charge in [0.2, 0.25) is 0 Å². The van der Waals surface area contributed by atoms with E-state index in [4.69, 9.17) is 4.42 Å². The van der Waals surface area contributed by atoms with Gasteiger partial charge in [0.25, 0.3) is 0 Å². The lowest BCUT2D eigenvalue weighted by Crippen LogP contribution is -2.09. The minimum absolute atomic E-state index is 0.891. The molecule has 0 aliphatic carbocycles. The quantitative estimate of drug-likeness (QED) is 0.166. The normalized spacial score (nSPS) is 11.3. The fraction of sp³-hybridized carbons (Fsp3) is 0. The van der Waals surface area contributed by atoms with Crippen LogP contribution in [0.5, 0.6) is 0 Å². The van der Waals surface area contributed by atoms with Gasteiger partial charge in [-0.1, -0.05) is 152 Å². The number of nitrogens with zero attached hydrogens (tertiary/aromatic N) is 1. The number of rotatable bonds is 7. The molecular weight excluding hydrogens is 655 g/mol. The summed E-state index contributed by atoms with van der Waals surface area (Å²) >= 11 is 0. The van der Waals surface area contributed by atoms with Crippen LogP contribution in [0.3, 0.4) is 0 Å². The molecule has 0 atom stereocenters. The van der Waals surface area contributed by atoms with Gasteiger partial charge >= 0.3 is 0 Å². The van der Waals surface area contributed by atoms with Gasteiger partial charge in [0.05, 0.1) is 0 Å². The molecular formula is C52H35NO. The van der Waals surface area contributed by atoms with Crippen molar-refractivity contribution in [2.24, 2.45) is 0 Å². The highest BCUT2D eigenvalue weighted by atomic mass is 16.3. The van der Waals surface area contributed by atoms with E-state index < -0.39 is 0 Å². The smallest absolute Gasteiger partial charge is 0.143 e. The van der Waals surface area contributed by atoms with Gasteiger partial charge in [-0.15, -0.1) is 0 Å². The molecule has 0 saturated heterocycles. The van der Waals surface area contributed by atoms with E-state index in [1.54, 1.807) is 0 Å². The molecule has 9 aromatic carbocycles. The van der Waals surface area contributed by atoms with Crippen molar-refractivity contribution in [2.45, 2.75) is 0 Å². The predicted octanol–water partition coefficient (Wildman–Crippen LogP) is 14.9. The molecule has 0 N–H and O–H groups in total. The molecule has 54 heavy (non-hydrogen) atoms. The van der Waals surface area contributed by atoms with Gasteiger partial charge in [0.1, 0.15) is 11.2 Å². The van der Waals surface area contributed by atoms with Crippen LogP contribution in [-0.2, 0) is 0 Å². The maximum absolute atomic E-state index is 6.71. The monoisotopic (exact) mass is 689 g/mol. The highest BCUT2D eigenvalue weighted by molar-refractivity contribution is 6.19. The number of benzene rings is 9. The first-order chi connectivity index (χ1) is 26.8. The molecule has 0 amide bonds.